The van der Waals surface area contributed by atoms with Crippen LogP contribution in [-0.2, 0) is 11.2 Å². The Balaban J connectivity index is 1.66. The molecule has 0 radical (unpaired) electrons. The summed E-state index contributed by atoms with van der Waals surface area (Å²) in [4.78, 5) is 15.3. The molecule has 1 aliphatic rings. The van der Waals surface area contributed by atoms with Gasteiger partial charge in [0.25, 0.3) is 0 Å². The maximum Gasteiger partial charge on any atom is 0.306 e. The van der Waals surface area contributed by atoms with Crippen LogP contribution >= 0.6 is 0 Å². The van der Waals surface area contributed by atoms with Gasteiger partial charge in [-0.25, -0.2) is 0 Å². The highest BCUT2D eigenvalue weighted by atomic mass is 16.4. The van der Waals surface area contributed by atoms with Crippen LogP contribution in [0.25, 0.3) is 10.9 Å². The highest BCUT2D eigenvalue weighted by Gasteiger charge is 2.25. The molecule has 0 aliphatic heterocycles. The minimum atomic E-state index is -0.625. The quantitative estimate of drug-likeness (QED) is 0.925. The van der Waals surface area contributed by atoms with E-state index in [9.17, 15) is 4.79 Å². The maximum absolute atomic E-state index is 11.0. The molecular formula is C17H19NO2. The Morgan fingerprint density at radius 3 is 2.75 bits per heavy atom. The Bertz CT molecular complexity index is 615. The van der Waals surface area contributed by atoms with Crippen LogP contribution in [0.3, 0.4) is 0 Å². The van der Waals surface area contributed by atoms with Crippen LogP contribution in [0.4, 0.5) is 0 Å². The number of benzene rings is 1. The molecule has 0 amide bonds. The molecule has 3 rings (SSSR count). The number of aromatic nitrogens is 1. The highest BCUT2D eigenvalue weighted by Crippen LogP contribution is 2.31. The number of carbonyl (C=O) groups is 1. The fourth-order valence-corrected chi connectivity index (χ4v) is 3.20. The molecule has 0 saturated heterocycles. The Labute approximate surface area is 118 Å². The van der Waals surface area contributed by atoms with Crippen molar-refractivity contribution in [1.29, 1.82) is 0 Å². The molecule has 1 aliphatic carbocycles. The second-order valence-electron chi connectivity index (χ2n) is 5.79. The van der Waals surface area contributed by atoms with Crippen LogP contribution in [0.15, 0.2) is 36.5 Å². The van der Waals surface area contributed by atoms with Gasteiger partial charge in [0.05, 0.1) is 11.4 Å². The molecule has 104 valence electrons. The lowest BCUT2D eigenvalue weighted by Crippen LogP contribution is -2.22. The summed E-state index contributed by atoms with van der Waals surface area (Å²) in [6.45, 7) is 0. The zero-order valence-electron chi connectivity index (χ0n) is 11.5. The minimum absolute atomic E-state index is 0.118. The smallest absolute Gasteiger partial charge is 0.306 e. The van der Waals surface area contributed by atoms with Gasteiger partial charge in [0.15, 0.2) is 0 Å². The van der Waals surface area contributed by atoms with Gasteiger partial charge in [0, 0.05) is 11.6 Å². The van der Waals surface area contributed by atoms with E-state index in [1.165, 1.54) is 10.9 Å². The third-order valence-corrected chi connectivity index (χ3v) is 4.39. The molecule has 1 aromatic carbocycles. The van der Waals surface area contributed by atoms with Gasteiger partial charge in [-0.05, 0) is 61.8 Å². The van der Waals surface area contributed by atoms with Crippen molar-refractivity contribution in [1.82, 2.24) is 4.98 Å². The number of fused-ring (bicyclic) bond motifs is 1. The fraction of sp³-hybridized carbons (Fsp3) is 0.412. The van der Waals surface area contributed by atoms with Crippen molar-refractivity contribution >= 4 is 16.9 Å². The molecule has 0 unspecified atom stereocenters. The minimum Gasteiger partial charge on any atom is -0.481 e. The van der Waals surface area contributed by atoms with Gasteiger partial charge in [-0.2, -0.15) is 0 Å². The fourth-order valence-electron chi connectivity index (χ4n) is 3.20. The van der Waals surface area contributed by atoms with E-state index in [0.29, 0.717) is 5.92 Å². The number of rotatable bonds is 3. The lowest BCUT2D eigenvalue weighted by molar-refractivity contribution is -0.143. The van der Waals surface area contributed by atoms with Crippen molar-refractivity contribution in [3.63, 3.8) is 0 Å². The summed E-state index contributed by atoms with van der Waals surface area (Å²) in [6, 6.07) is 10.5. The van der Waals surface area contributed by atoms with Crippen molar-refractivity contribution in [2.24, 2.45) is 11.8 Å². The number of carboxylic acids is 1. The molecule has 1 aromatic heterocycles. The van der Waals surface area contributed by atoms with Crippen LogP contribution in [0.1, 0.15) is 31.2 Å². The molecule has 3 nitrogen and oxygen atoms in total. The maximum atomic E-state index is 11.0. The Kier molecular flexibility index (Phi) is 3.68. The van der Waals surface area contributed by atoms with E-state index in [4.69, 9.17) is 5.11 Å². The largest absolute Gasteiger partial charge is 0.481 e. The van der Waals surface area contributed by atoms with Crippen molar-refractivity contribution in [3.05, 3.63) is 42.1 Å². The lowest BCUT2D eigenvalue weighted by atomic mass is 9.79. The third-order valence-electron chi connectivity index (χ3n) is 4.39. The van der Waals surface area contributed by atoms with E-state index in [0.717, 1.165) is 37.6 Å². The molecule has 0 spiro atoms. The molecule has 0 atom stereocenters. The second kappa shape index (κ2) is 5.61. The van der Waals surface area contributed by atoms with Crippen LogP contribution < -0.4 is 0 Å². The van der Waals surface area contributed by atoms with Crippen LogP contribution in [0.2, 0.25) is 0 Å². The Morgan fingerprint density at radius 1 is 1.20 bits per heavy atom. The summed E-state index contributed by atoms with van der Waals surface area (Å²) in [7, 11) is 0. The van der Waals surface area contributed by atoms with Gasteiger partial charge in [0.2, 0.25) is 0 Å². The normalized spacial score (nSPS) is 22.8. The van der Waals surface area contributed by atoms with Crippen molar-refractivity contribution in [2.75, 3.05) is 0 Å². The van der Waals surface area contributed by atoms with Gasteiger partial charge in [-0.15, -0.1) is 0 Å². The second-order valence-corrected chi connectivity index (χ2v) is 5.79. The SMILES string of the molecule is O=C(O)C1CCC(Cc2ccc3ncccc3c2)CC1. The van der Waals surface area contributed by atoms with Gasteiger partial charge < -0.3 is 5.11 Å². The van der Waals surface area contributed by atoms with Crippen LogP contribution in [0, 0.1) is 11.8 Å². The zero-order chi connectivity index (χ0) is 13.9. The number of pyridine rings is 1. The first-order chi connectivity index (χ1) is 9.72. The molecule has 1 fully saturated rings. The van der Waals surface area contributed by atoms with E-state index in [1.54, 1.807) is 0 Å². The molecule has 2 aromatic rings. The standard InChI is InChI=1S/C17H19NO2/c19-17(20)14-6-3-12(4-7-14)10-13-5-8-16-15(11-13)2-1-9-18-16/h1-2,5,8-9,11-12,14H,3-4,6-7,10H2,(H,19,20). The first-order valence-corrected chi connectivity index (χ1v) is 7.29. The molecule has 0 bridgehead atoms. The van der Waals surface area contributed by atoms with Gasteiger partial charge in [-0.1, -0.05) is 12.1 Å². The molecule has 1 saturated carbocycles. The summed E-state index contributed by atoms with van der Waals surface area (Å²) in [5, 5.41) is 10.2. The summed E-state index contributed by atoms with van der Waals surface area (Å²) < 4.78 is 0. The molecule has 1 heterocycles. The first kappa shape index (κ1) is 13.1. The summed E-state index contributed by atoms with van der Waals surface area (Å²) in [6.07, 6.45) is 6.58. The number of hydrogen-bond acceptors (Lipinski definition) is 2. The Morgan fingerprint density at radius 2 is 2.00 bits per heavy atom. The molecule has 20 heavy (non-hydrogen) atoms. The predicted molar refractivity (Wildman–Crippen MR) is 78.5 cm³/mol. The van der Waals surface area contributed by atoms with E-state index in [1.807, 2.05) is 12.3 Å². The summed E-state index contributed by atoms with van der Waals surface area (Å²) in [5.41, 5.74) is 2.37. The van der Waals surface area contributed by atoms with E-state index in [-0.39, 0.29) is 5.92 Å². The van der Waals surface area contributed by atoms with Crippen LogP contribution in [0.5, 0.6) is 0 Å². The van der Waals surface area contributed by atoms with E-state index < -0.39 is 5.97 Å². The number of aliphatic carboxylic acids is 1. The number of carboxylic acid groups (broad SMARTS) is 1. The first-order valence-electron chi connectivity index (χ1n) is 7.29. The molecular weight excluding hydrogens is 250 g/mol. The monoisotopic (exact) mass is 269 g/mol. The third kappa shape index (κ3) is 2.82. The van der Waals surface area contributed by atoms with Gasteiger partial charge in [-0.3, -0.25) is 9.78 Å². The van der Waals surface area contributed by atoms with Crippen molar-refractivity contribution < 1.29 is 9.90 Å². The summed E-state index contributed by atoms with van der Waals surface area (Å²) >= 11 is 0. The molecule has 1 N–H and O–H groups in total. The average molecular weight is 269 g/mol. The van der Waals surface area contributed by atoms with Gasteiger partial charge in [0.1, 0.15) is 0 Å². The topological polar surface area (TPSA) is 50.2 Å². The lowest BCUT2D eigenvalue weighted by Gasteiger charge is -2.26. The average Bonchev–Trinajstić information content (AvgIpc) is 2.48. The van der Waals surface area contributed by atoms with E-state index >= 15 is 0 Å². The zero-order valence-corrected chi connectivity index (χ0v) is 11.5. The van der Waals surface area contributed by atoms with Gasteiger partial charge >= 0.3 is 5.97 Å². The van der Waals surface area contributed by atoms with E-state index in [2.05, 4.69) is 29.2 Å². The predicted octanol–water partition coefficient (Wildman–Crippen LogP) is 3.67. The Hall–Kier alpha value is -1.90. The molecule has 3 heteroatoms. The summed E-state index contributed by atoms with van der Waals surface area (Å²) in [5.74, 6) is -0.119. The highest BCUT2D eigenvalue weighted by molar-refractivity contribution is 5.78. The van der Waals surface area contributed by atoms with Crippen LogP contribution in [-0.4, -0.2) is 16.1 Å². The number of hydrogen-bond donors (Lipinski definition) is 1. The van der Waals surface area contributed by atoms with Crippen molar-refractivity contribution in [3.8, 4) is 0 Å². The number of nitrogens with zero attached hydrogens (tertiary/aromatic N) is 1. The van der Waals surface area contributed by atoms with Crippen molar-refractivity contribution in [2.45, 2.75) is 32.1 Å².